The lowest BCUT2D eigenvalue weighted by Gasteiger charge is -2.08. The highest BCUT2D eigenvalue weighted by Crippen LogP contribution is 2.30. The van der Waals surface area contributed by atoms with Gasteiger partial charge in [0.05, 0.1) is 0 Å². The summed E-state index contributed by atoms with van der Waals surface area (Å²) in [4.78, 5) is 17.5. The Morgan fingerprint density at radius 3 is 2.81 bits per heavy atom. The van der Waals surface area contributed by atoms with Gasteiger partial charge in [-0.05, 0) is 42.7 Å². The third kappa shape index (κ3) is 3.30. The van der Waals surface area contributed by atoms with Gasteiger partial charge in [-0.15, -0.1) is 11.8 Å². The van der Waals surface area contributed by atoms with Crippen LogP contribution in [-0.2, 0) is 12.8 Å². The maximum atomic E-state index is 12.0. The van der Waals surface area contributed by atoms with Crippen LogP contribution in [0.25, 0.3) is 0 Å². The summed E-state index contributed by atoms with van der Waals surface area (Å²) < 4.78 is 0. The zero-order chi connectivity index (χ0) is 14.7. The molecule has 1 aromatic carbocycles. The first kappa shape index (κ1) is 14.6. The van der Waals surface area contributed by atoms with Crippen LogP contribution in [0.2, 0.25) is 5.15 Å². The maximum absolute atomic E-state index is 12.0. The van der Waals surface area contributed by atoms with E-state index in [0.29, 0.717) is 11.6 Å². The summed E-state index contributed by atoms with van der Waals surface area (Å²) in [5.41, 5.74) is 2.86. The predicted molar refractivity (Wildman–Crippen MR) is 87.4 cm³/mol. The van der Waals surface area contributed by atoms with E-state index in [9.17, 15) is 4.79 Å². The molecule has 0 spiro atoms. The minimum Gasteiger partial charge on any atom is -0.294 e. The lowest BCUT2D eigenvalue weighted by Crippen LogP contribution is -2.02. The molecule has 0 saturated heterocycles. The van der Waals surface area contributed by atoms with Crippen LogP contribution in [0, 0.1) is 0 Å². The van der Waals surface area contributed by atoms with Gasteiger partial charge in [-0.2, -0.15) is 0 Å². The van der Waals surface area contributed by atoms with Crippen LogP contribution in [0.4, 0.5) is 0 Å². The molecule has 1 aliphatic rings. The molecule has 3 rings (SSSR count). The van der Waals surface area contributed by atoms with Crippen LogP contribution in [0.1, 0.15) is 34.3 Å². The summed E-state index contributed by atoms with van der Waals surface area (Å²) in [7, 11) is 0. The molecule has 0 N–H and O–H groups in total. The van der Waals surface area contributed by atoms with Crippen molar-refractivity contribution in [2.75, 3.05) is 5.75 Å². The molecule has 2 aromatic rings. The van der Waals surface area contributed by atoms with Gasteiger partial charge in [-0.1, -0.05) is 29.8 Å². The van der Waals surface area contributed by atoms with Gasteiger partial charge in [-0.3, -0.25) is 4.79 Å². The topological polar surface area (TPSA) is 30.0 Å². The van der Waals surface area contributed by atoms with E-state index < -0.39 is 0 Å². The third-order valence-electron chi connectivity index (χ3n) is 3.69. The standard InChI is InChI=1S/C17H16ClNOS/c18-17-14-8-9-15(20)16(14)12(11-19-17)5-4-10-21-13-6-2-1-3-7-13/h1-3,6-7,11H,4-5,8-10H2. The molecule has 1 heterocycles. The van der Waals surface area contributed by atoms with E-state index >= 15 is 0 Å². The molecule has 4 heteroatoms. The summed E-state index contributed by atoms with van der Waals surface area (Å²) in [5, 5.41) is 0.498. The van der Waals surface area contributed by atoms with Gasteiger partial charge in [-0.25, -0.2) is 4.98 Å². The van der Waals surface area contributed by atoms with E-state index in [4.69, 9.17) is 11.6 Å². The average molecular weight is 318 g/mol. The van der Waals surface area contributed by atoms with Crippen molar-refractivity contribution in [2.24, 2.45) is 0 Å². The van der Waals surface area contributed by atoms with E-state index in [1.165, 1.54) is 4.90 Å². The van der Waals surface area contributed by atoms with E-state index in [0.717, 1.165) is 41.7 Å². The van der Waals surface area contributed by atoms with Crippen LogP contribution in [0.15, 0.2) is 41.4 Å². The largest absolute Gasteiger partial charge is 0.294 e. The Bertz CT molecular complexity index is 657. The third-order valence-corrected chi connectivity index (χ3v) is 5.11. The van der Waals surface area contributed by atoms with Crippen LogP contribution in [-0.4, -0.2) is 16.5 Å². The number of aromatic nitrogens is 1. The highest BCUT2D eigenvalue weighted by Gasteiger charge is 2.25. The predicted octanol–water partition coefficient (Wildman–Crippen LogP) is 4.59. The van der Waals surface area contributed by atoms with Crippen LogP contribution >= 0.6 is 23.4 Å². The second kappa shape index (κ2) is 6.63. The molecular weight excluding hydrogens is 302 g/mol. The molecule has 0 radical (unpaired) electrons. The number of carbonyl (C=O) groups is 1. The van der Waals surface area contributed by atoms with Gasteiger partial charge in [0.25, 0.3) is 0 Å². The lowest BCUT2D eigenvalue weighted by atomic mass is 10.0. The number of fused-ring (bicyclic) bond motifs is 1. The molecule has 0 saturated carbocycles. The Hall–Kier alpha value is -1.32. The molecule has 1 aliphatic carbocycles. The molecule has 0 fully saturated rings. The number of aryl methyl sites for hydroxylation is 1. The molecule has 0 aliphatic heterocycles. The van der Waals surface area contributed by atoms with Crippen molar-refractivity contribution >= 4 is 29.1 Å². The van der Waals surface area contributed by atoms with E-state index in [-0.39, 0.29) is 5.78 Å². The van der Waals surface area contributed by atoms with Crippen LogP contribution in [0.3, 0.4) is 0 Å². The van der Waals surface area contributed by atoms with Gasteiger partial charge in [0.15, 0.2) is 5.78 Å². The first-order chi connectivity index (χ1) is 10.3. The first-order valence-electron chi connectivity index (χ1n) is 7.13. The minimum absolute atomic E-state index is 0.222. The molecule has 0 atom stereocenters. The molecule has 1 aromatic heterocycles. The Morgan fingerprint density at radius 2 is 2.00 bits per heavy atom. The summed E-state index contributed by atoms with van der Waals surface area (Å²) in [6, 6.07) is 10.4. The smallest absolute Gasteiger partial charge is 0.163 e. The van der Waals surface area contributed by atoms with Crippen molar-refractivity contribution in [1.82, 2.24) is 4.98 Å². The number of hydrogen-bond acceptors (Lipinski definition) is 3. The number of pyridine rings is 1. The number of hydrogen-bond donors (Lipinski definition) is 0. The number of halogens is 1. The number of ketones is 1. The Balaban J connectivity index is 1.62. The number of rotatable bonds is 5. The van der Waals surface area contributed by atoms with Gasteiger partial charge < -0.3 is 0 Å². The Morgan fingerprint density at radius 1 is 1.19 bits per heavy atom. The van der Waals surface area contributed by atoms with E-state index in [2.05, 4.69) is 29.2 Å². The number of nitrogens with zero attached hydrogens (tertiary/aromatic N) is 1. The lowest BCUT2D eigenvalue weighted by molar-refractivity contribution is 0.0993. The molecule has 0 unspecified atom stereocenters. The summed E-state index contributed by atoms with van der Waals surface area (Å²) >= 11 is 7.93. The first-order valence-corrected chi connectivity index (χ1v) is 8.49. The molecule has 2 nitrogen and oxygen atoms in total. The van der Waals surface area contributed by atoms with Gasteiger partial charge in [0, 0.05) is 28.6 Å². The Kier molecular flexibility index (Phi) is 4.61. The molecular formula is C17H16ClNOS. The minimum atomic E-state index is 0.222. The van der Waals surface area contributed by atoms with Crippen molar-refractivity contribution in [3.05, 3.63) is 58.4 Å². The van der Waals surface area contributed by atoms with Crippen molar-refractivity contribution in [3.8, 4) is 0 Å². The normalized spacial score (nSPS) is 13.5. The highest BCUT2D eigenvalue weighted by atomic mass is 35.5. The second-order valence-corrected chi connectivity index (χ2v) is 6.64. The number of carbonyl (C=O) groups excluding carboxylic acids is 1. The Labute approximate surface area is 133 Å². The van der Waals surface area contributed by atoms with Crippen LogP contribution < -0.4 is 0 Å². The molecule has 0 amide bonds. The average Bonchev–Trinajstić information content (AvgIpc) is 2.90. The fourth-order valence-corrected chi connectivity index (χ4v) is 3.78. The fourth-order valence-electron chi connectivity index (χ4n) is 2.67. The highest BCUT2D eigenvalue weighted by molar-refractivity contribution is 7.99. The summed E-state index contributed by atoms with van der Waals surface area (Å²) in [6.07, 6.45) is 5.01. The monoisotopic (exact) mass is 317 g/mol. The fraction of sp³-hybridized carbons (Fsp3) is 0.294. The number of benzene rings is 1. The van der Waals surface area contributed by atoms with Gasteiger partial charge in [0.2, 0.25) is 0 Å². The quantitative estimate of drug-likeness (QED) is 0.459. The number of Topliss-reactive ketones (excluding diaryl/α,β-unsaturated/α-hetero) is 1. The summed E-state index contributed by atoms with van der Waals surface area (Å²) in [5.74, 6) is 1.26. The molecule has 0 bridgehead atoms. The summed E-state index contributed by atoms with van der Waals surface area (Å²) in [6.45, 7) is 0. The van der Waals surface area contributed by atoms with Crippen molar-refractivity contribution in [2.45, 2.75) is 30.6 Å². The molecule has 108 valence electrons. The van der Waals surface area contributed by atoms with Crippen molar-refractivity contribution in [3.63, 3.8) is 0 Å². The zero-order valence-electron chi connectivity index (χ0n) is 11.6. The maximum Gasteiger partial charge on any atom is 0.163 e. The van der Waals surface area contributed by atoms with Gasteiger partial charge in [0.1, 0.15) is 5.15 Å². The van der Waals surface area contributed by atoms with E-state index in [1.807, 2.05) is 17.8 Å². The zero-order valence-corrected chi connectivity index (χ0v) is 13.2. The van der Waals surface area contributed by atoms with E-state index in [1.54, 1.807) is 6.20 Å². The molecule has 21 heavy (non-hydrogen) atoms. The SMILES string of the molecule is O=C1CCc2c(Cl)ncc(CCCSc3ccccc3)c21. The number of thioether (sulfide) groups is 1. The second-order valence-electron chi connectivity index (χ2n) is 5.12. The van der Waals surface area contributed by atoms with Gasteiger partial charge >= 0.3 is 0 Å². The van der Waals surface area contributed by atoms with Crippen molar-refractivity contribution in [1.29, 1.82) is 0 Å². The van der Waals surface area contributed by atoms with Crippen LogP contribution in [0.5, 0.6) is 0 Å². The van der Waals surface area contributed by atoms with Crippen molar-refractivity contribution < 1.29 is 4.79 Å².